The number of rotatable bonds is 8. The Labute approximate surface area is 137 Å². The molecule has 0 unspecified atom stereocenters. The number of likely N-dealkylation sites (tertiary alicyclic amines) is 1. The average molecular weight is 354 g/mol. The molecule has 118 valence electrons. The van der Waals surface area contributed by atoms with Crippen LogP contribution in [0, 0.1) is 0 Å². The molecule has 0 amide bonds. The Morgan fingerprint density at radius 3 is 2.71 bits per heavy atom. The minimum absolute atomic E-state index is 0.945. The van der Waals surface area contributed by atoms with Crippen molar-refractivity contribution in [3.05, 3.63) is 33.8 Å². The van der Waals surface area contributed by atoms with Crippen LogP contribution in [0.25, 0.3) is 0 Å². The van der Waals surface area contributed by atoms with Crippen molar-refractivity contribution in [3.8, 4) is 0 Å². The molecule has 1 heterocycles. The smallest absolute Gasteiger partial charge is 0.0242 e. The molecule has 3 nitrogen and oxygen atoms in total. The van der Waals surface area contributed by atoms with E-state index in [0.717, 1.165) is 26.2 Å². The predicted molar refractivity (Wildman–Crippen MR) is 93.5 cm³/mol. The summed E-state index contributed by atoms with van der Waals surface area (Å²) in [5, 5.41) is 3.37. The van der Waals surface area contributed by atoms with Gasteiger partial charge in [0.05, 0.1) is 0 Å². The second-order valence-electron chi connectivity index (χ2n) is 5.99. The van der Waals surface area contributed by atoms with E-state index in [1.165, 1.54) is 48.1 Å². The van der Waals surface area contributed by atoms with Gasteiger partial charge in [-0.2, -0.15) is 0 Å². The van der Waals surface area contributed by atoms with Crippen LogP contribution in [0.4, 0.5) is 0 Å². The molecule has 0 aromatic heterocycles. The SMILES string of the molecule is CCNCc1ccc(CN(C)CCN2CCCC2)c(Br)c1. The van der Waals surface area contributed by atoms with Gasteiger partial charge in [-0.25, -0.2) is 0 Å². The summed E-state index contributed by atoms with van der Waals surface area (Å²) >= 11 is 3.72. The molecule has 4 heteroatoms. The van der Waals surface area contributed by atoms with Crippen LogP contribution >= 0.6 is 15.9 Å². The van der Waals surface area contributed by atoms with Crippen molar-refractivity contribution in [2.24, 2.45) is 0 Å². The van der Waals surface area contributed by atoms with Crippen LogP contribution in [-0.4, -0.2) is 49.6 Å². The maximum atomic E-state index is 3.72. The monoisotopic (exact) mass is 353 g/mol. The first-order valence-electron chi connectivity index (χ1n) is 8.08. The predicted octanol–water partition coefficient (Wildman–Crippen LogP) is 3.09. The van der Waals surface area contributed by atoms with Gasteiger partial charge in [-0.1, -0.05) is 35.0 Å². The maximum Gasteiger partial charge on any atom is 0.0242 e. The summed E-state index contributed by atoms with van der Waals surface area (Å²) in [6.45, 7) is 10.0. The number of nitrogens with one attached hydrogen (secondary N) is 1. The first-order valence-corrected chi connectivity index (χ1v) is 8.87. The van der Waals surface area contributed by atoms with E-state index in [4.69, 9.17) is 0 Å². The summed E-state index contributed by atoms with van der Waals surface area (Å²) in [6, 6.07) is 6.73. The highest BCUT2D eigenvalue weighted by atomic mass is 79.9. The summed E-state index contributed by atoms with van der Waals surface area (Å²) in [6.07, 6.45) is 2.76. The molecule has 1 saturated heterocycles. The fourth-order valence-corrected chi connectivity index (χ4v) is 3.34. The summed E-state index contributed by atoms with van der Waals surface area (Å²) < 4.78 is 1.23. The lowest BCUT2D eigenvalue weighted by molar-refractivity contribution is 0.252. The molecule has 0 aliphatic carbocycles. The molecule has 1 fully saturated rings. The van der Waals surface area contributed by atoms with Crippen molar-refractivity contribution < 1.29 is 0 Å². The molecular formula is C17H28BrN3. The standard InChI is InChI=1S/C17H28BrN3/c1-3-19-13-15-6-7-16(17(18)12-15)14-20(2)10-11-21-8-4-5-9-21/h6-7,12,19H,3-5,8-11,13-14H2,1-2H3. The van der Waals surface area contributed by atoms with Crippen LogP contribution in [0.5, 0.6) is 0 Å². The normalized spacial score (nSPS) is 16.0. The molecule has 0 atom stereocenters. The number of likely N-dealkylation sites (N-methyl/N-ethyl adjacent to an activating group) is 1. The summed E-state index contributed by atoms with van der Waals surface area (Å²) in [4.78, 5) is 4.99. The number of nitrogens with zero attached hydrogens (tertiary/aromatic N) is 2. The molecule has 0 saturated carbocycles. The fourth-order valence-electron chi connectivity index (χ4n) is 2.79. The van der Waals surface area contributed by atoms with Crippen LogP contribution < -0.4 is 5.32 Å². The van der Waals surface area contributed by atoms with E-state index in [1.807, 2.05) is 0 Å². The van der Waals surface area contributed by atoms with Crippen LogP contribution in [0.1, 0.15) is 30.9 Å². The number of hydrogen-bond donors (Lipinski definition) is 1. The van der Waals surface area contributed by atoms with Crippen LogP contribution in [0.2, 0.25) is 0 Å². The zero-order valence-corrected chi connectivity index (χ0v) is 15.0. The molecule has 1 aliphatic rings. The molecule has 1 aliphatic heterocycles. The van der Waals surface area contributed by atoms with E-state index in [-0.39, 0.29) is 0 Å². The molecule has 0 bridgehead atoms. The molecule has 1 N–H and O–H groups in total. The van der Waals surface area contributed by atoms with Gasteiger partial charge in [-0.05, 0) is 56.7 Å². The Morgan fingerprint density at radius 1 is 1.29 bits per heavy atom. The third kappa shape index (κ3) is 5.70. The Hall–Kier alpha value is -0.420. The van der Waals surface area contributed by atoms with Crippen LogP contribution in [-0.2, 0) is 13.1 Å². The van der Waals surface area contributed by atoms with Gasteiger partial charge >= 0.3 is 0 Å². The van der Waals surface area contributed by atoms with E-state index in [9.17, 15) is 0 Å². The second kappa shape index (κ2) is 8.89. The van der Waals surface area contributed by atoms with Crippen molar-refractivity contribution >= 4 is 15.9 Å². The van der Waals surface area contributed by atoms with E-state index in [2.05, 4.69) is 63.2 Å². The molecule has 0 radical (unpaired) electrons. The minimum atomic E-state index is 0.945. The van der Waals surface area contributed by atoms with Gasteiger partial charge in [0, 0.05) is 30.7 Å². The summed E-state index contributed by atoms with van der Waals surface area (Å²) in [5.41, 5.74) is 2.71. The molecule has 1 aromatic rings. The highest BCUT2D eigenvalue weighted by Gasteiger charge is 2.12. The third-order valence-electron chi connectivity index (χ3n) is 4.13. The lowest BCUT2D eigenvalue weighted by atomic mass is 10.1. The highest BCUT2D eigenvalue weighted by molar-refractivity contribution is 9.10. The minimum Gasteiger partial charge on any atom is -0.313 e. The first-order chi connectivity index (χ1) is 10.2. The lowest BCUT2D eigenvalue weighted by Gasteiger charge is -2.22. The zero-order chi connectivity index (χ0) is 15.1. The topological polar surface area (TPSA) is 18.5 Å². The Balaban J connectivity index is 1.80. The average Bonchev–Trinajstić information content (AvgIpc) is 2.99. The summed E-state index contributed by atoms with van der Waals surface area (Å²) in [5.74, 6) is 0. The van der Waals surface area contributed by atoms with Crippen molar-refractivity contribution in [1.29, 1.82) is 0 Å². The Bertz CT molecular complexity index is 430. The molecular weight excluding hydrogens is 326 g/mol. The Morgan fingerprint density at radius 2 is 2.05 bits per heavy atom. The zero-order valence-electron chi connectivity index (χ0n) is 13.4. The van der Waals surface area contributed by atoms with Gasteiger partial charge in [-0.3, -0.25) is 0 Å². The van der Waals surface area contributed by atoms with Crippen molar-refractivity contribution in [3.63, 3.8) is 0 Å². The lowest BCUT2D eigenvalue weighted by Crippen LogP contribution is -2.31. The van der Waals surface area contributed by atoms with E-state index in [0.29, 0.717) is 0 Å². The van der Waals surface area contributed by atoms with Gasteiger partial charge in [0.1, 0.15) is 0 Å². The molecule has 2 rings (SSSR count). The molecule has 1 aromatic carbocycles. The van der Waals surface area contributed by atoms with Crippen molar-refractivity contribution in [2.75, 3.05) is 39.8 Å². The Kier molecular flexibility index (Phi) is 7.17. The van der Waals surface area contributed by atoms with E-state index >= 15 is 0 Å². The first kappa shape index (κ1) is 16.9. The van der Waals surface area contributed by atoms with Gasteiger partial charge < -0.3 is 15.1 Å². The third-order valence-corrected chi connectivity index (χ3v) is 4.87. The number of hydrogen-bond acceptors (Lipinski definition) is 3. The molecule has 0 spiro atoms. The second-order valence-corrected chi connectivity index (χ2v) is 6.85. The maximum absolute atomic E-state index is 3.72. The fraction of sp³-hybridized carbons (Fsp3) is 0.647. The largest absolute Gasteiger partial charge is 0.313 e. The number of halogens is 1. The number of benzene rings is 1. The van der Waals surface area contributed by atoms with Crippen LogP contribution in [0.15, 0.2) is 22.7 Å². The van der Waals surface area contributed by atoms with Crippen molar-refractivity contribution in [1.82, 2.24) is 15.1 Å². The van der Waals surface area contributed by atoms with E-state index in [1.54, 1.807) is 0 Å². The van der Waals surface area contributed by atoms with Crippen LogP contribution in [0.3, 0.4) is 0 Å². The summed E-state index contributed by atoms with van der Waals surface area (Å²) in [7, 11) is 2.22. The van der Waals surface area contributed by atoms with E-state index < -0.39 is 0 Å². The van der Waals surface area contributed by atoms with Gasteiger partial charge in [0.25, 0.3) is 0 Å². The molecule has 21 heavy (non-hydrogen) atoms. The quantitative estimate of drug-likeness (QED) is 0.774. The van der Waals surface area contributed by atoms with Gasteiger partial charge in [0.2, 0.25) is 0 Å². The van der Waals surface area contributed by atoms with Gasteiger partial charge in [-0.15, -0.1) is 0 Å². The highest BCUT2D eigenvalue weighted by Crippen LogP contribution is 2.20. The van der Waals surface area contributed by atoms with Gasteiger partial charge in [0.15, 0.2) is 0 Å². The van der Waals surface area contributed by atoms with Crippen molar-refractivity contribution in [2.45, 2.75) is 32.9 Å².